The zero-order valence-electron chi connectivity index (χ0n) is 8.62. The molecule has 1 rings (SSSR count). The van der Waals surface area contributed by atoms with E-state index < -0.39 is 0 Å². The van der Waals surface area contributed by atoms with Crippen molar-refractivity contribution in [3.63, 3.8) is 0 Å². The predicted molar refractivity (Wildman–Crippen MR) is 52.6 cm³/mol. The third-order valence-corrected chi connectivity index (χ3v) is 2.37. The standard InChI is InChI=1S/C10H18N2O/c1-4-5-10(13)6-12-7-11-8(2)9(12)3/h7,10,13H,4-6H2,1-3H3. The number of rotatable bonds is 4. The maximum Gasteiger partial charge on any atom is 0.0952 e. The highest BCUT2D eigenvalue weighted by molar-refractivity contribution is 5.08. The maximum absolute atomic E-state index is 9.59. The third-order valence-electron chi connectivity index (χ3n) is 2.37. The van der Waals surface area contributed by atoms with Crippen LogP contribution < -0.4 is 0 Å². The molecule has 1 heterocycles. The van der Waals surface area contributed by atoms with Gasteiger partial charge in [0.05, 0.1) is 18.1 Å². The van der Waals surface area contributed by atoms with Gasteiger partial charge >= 0.3 is 0 Å². The molecule has 0 amide bonds. The van der Waals surface area contributed by atoms with Gasteiger partial charge in [-0.1, -0.05) is 13.3 Å². The molecule has 0 aliphatic carbocycles. The second kappa shape index (κ2) is 4.42. The first kappa shape index (κ1) is 10.3. The monoisotopic (exact) mass is 182 g/mol. The Labute approximate surface area is 79.4 Å². The zero-order chi connectivity index (χ0) is 9.84. The van der Waals surface area contributed by atoms with Crippen molar-refractivity contribution in [1.29, 1.82) is 0 Å². The highest BCUT2D eigenvalue weighted by Gasteiger charge is 2.07. The van der Waals surface area contributed by atoms with Crippen LogP contribution in [-0.2, 0) is 6.54 Å². The Balaban J connectivity index is 2.58. The largest absolute Gasteiger partial charge is 0.391 e. The second-order valence-electron chi connectivity index (χ2n) is 3.51. The van der Waals surface area contributed by atoms with Crippen LogP contribution in [0.15, 0.2) is 6.33 Å². The Morgan fingerprint density at radius 2 is 2.23 bits per heavy atom. The van der Waals surface area contributed by atoms with Crippen molar-refractivity contribution < 1.29 is 5.11 Å². The van der Waals surface area contributed by atoms with Gasteiger partial charge in [0.2, 0.25) is 0 Å². The molecular weight excluding hydrogens is 164 g/mol. The van der Waals surface area contributed by atoms with Gasteiger partial charge in [0.25, 0.3) is 0 Å². The molecule has 0 radical (unpaired) electrons. The summed E-state index contributed by atoms with van der Waals surface area (Å²) < 4.78 is 2.01. The molecule has 1 aromatic rings. The quantitative estimate of drug-likeness (QED) is 0.769. The van der Waals surface area contributed by atoms with E-state index in [9.17, 15) is 5.11 Å². The number of aliphatic hydroxyl groups is 1. The molecule has 0 saturated carbocycles. The fourth-order valence-electron chi connectivity index (χ4n) is 1.38. The van der Waals surface area contributed by atoms with E-state index in [1.807, 2.05) is 18.4 Å². The summed E-state index contributed by atoms with van der Waals surface area (Å²) in [5.74, 6) is 0. The first-order valence-electron chi connectivity index (χ1n) is 4.81. The molecule has 1 aromatic heterocycles. The summed E-state index contributed by atoms with van der Waals surface area (Å²) in [6.45, 7) is 6.76. The van der Waals surface area contributed by atoms with Gasteiger partial charge in [0, 0.05) is 12.2 Å². The highest BCUT2D eigenvalue weighted by atomic mass is 16.3. The van der Waals surface area contributed by atoms with E-state index >= 15 is 0 Å². The molecule has 3 heteroatoms. The summed E-state index contributed by atoms with van der Waals surface area (Å²) in [5, 5.41) is 9.59. The lowest BCUT2D eigenvalue weighted by Gasteiger charge is -2.11. The number of imidazole rings is 1. The average molecular weight is 182 g/mol. The number of hydrogen-bond acceptors (Lipinski definition) is 2. The van der Waals surface area contributed by atoms with Gasteiger partial charge in [-0.15, -0.1) is 0 Å². The molecule has 3 nitrogen and oxygen atoms in total. The van der Waals surface area contributed by atoms with Crippen LogP contribution in [0, 0.1) is 13.8 Å². The van der Waals surface area contributed by atoms with Gasteiger partial charge in [-0.25, -0.2) is 4.98 Å². The normalized spacial score (nSPS) is 13.2. The van der Waals surface area contributed by atoms with Gasteiger partial charge in [0.15, 0.2) is 0 Å². The Morgan fingerprint density at radius 3 is 2.69 bits per heavy atom. The van der Waals surface area contributed by atoms with Gasteiger partial charge in [-0.3, -0.25) is 0 Å². The van der Waals surface area contributed by atoms with Gasteiger partial charge in [-0.05, 0) is 20.3 Å². The molecular formula is C10H18N2O. The topological polar surface area (TPSA) is 38.0 Å². The van der Waals surface area contributed by atoms with E-state index in [-0.39, 0.29) is 6.10 Å². The Bertz CT molecular complexity index is 268. The maximum atomic E-state index is 9.59. The lowest BCUT2D eigenvalue weighted by atomic mass is 10.2. The van der Waals surface area contributed by atoms with Crippen LogP contribution >= 0.6 is 0 Å². The molecule has 0 bridgehead atoms. The number of aryl methyl sites for hydroxylation is 1. The predicted octanol–water partition coefficient (Wildman–Crippen LogP) is 1.66. The number of aromatic nitrogens is 2. The summed E-state index contributed by atoms with van der Waals surface area (Å²) in [5.41, 5.74) is 2.19. The van der Waals surface area contributed by atoms with Crippen molar-refractivity contribution in [2.45, 2.75) is 46.3 Å². The molecule has 13 heavy (non-hydrogen) atoms. The average Bonchev–Trinajstić information content (AvgIpc) is 2.37. The molecule has 0 saturated heterocycles. The molecule has 74 valence electrons. The fraction of sp³-hybridized carbons (Fsp3) is 0.700. The first-order chi connectivity index (χ1) is 6.15. The van der Waals surface area contributed by atoms with Gasteiger partial charge in [0.1, 0.15) is 0 Å². The number of hydrogen-bond donors (Lipinski definition) is 1. The van der Waals surface area contributed by atoms with E-state index in [1.165, 1.54) is 0 Å². The summed E-state index contributed by atoms with van der Waals surface area (Å²) in [7, 11) is 0. The molecule has 0 aliphatic rings. The van der Waals surface area contributed by atoms with E-state index in [0.29, 0.717) is 6.54 Å². The van der Waals surface area contributed by atoms with Gasteiger partial charge < -0.3 is 9.67 Å². The van der Waals surface area contributed by atoms with Gasteiger partial charge in [-0.2, -0.15) is 0 Å². The van der Waals surface area contributed by atoms with Crippen molar-refractivity contribution in [1.82, 2.24) is 9.55 Å². The minimum Gasteiger partial charge on any atom is -0.391 e. The number of aliphatic hydroxyl groups excluding tert-OH is 1. The number of nitrogens with zero attached hydrogens (tertiary/aromatic N) is 2. The van der Waals surface area contributed by atoms with E-state index in [4.69, 9.17) is 0 Å². The van der Waals surface area contributed by atoms with Crippen LogP contribution in [0.2, 0.25) is 0 Å². The lowest BCUT2D eigenvalue weighted by molar-refractivity contribution is 0.142. The molecule has 1 N–H and O–H groups in total. The Hall–Kier alpha value is -0.830. The summed E-state index contributed by atoms with van der Waals surface area (Å²) in [4.78, 5) is 4.18. The highest BCUT2D eigenvalue weighted by Crippen LogP contribution is 2.07. The minimum atomic E-state index is -0.239. The Kier molecular flexibility index (Phi) is 3.48. The van der Waals surface area contributed by atoms with E-state index in [2.05, 4.69) is 11.9 Å². The zero-order valence-corrected chi connectivity index (χ0v) is 8.62. The van der Waals surface area contributed by atoms with Crippen LogP contribution in [0.1, 0.15) is 31.2 Å². The molecule has 0 fully saturated rings. The van der Waals surface area contributed by atoms with Crippen molar-refractivity contribution in [2.75, 3.05) is 0 Å². The lowest BCUT2D eigenvalue weighted by Crippen LogP contribution is -2.15. The second-order valence-corrected chi connectivity index (χ2v) is 3.51. The van der Waals surface area contributed by atoms with Crippen LogP contribution in [0.4, 0.5) is 0 Å². The van der Waals surface area contributed by atoms with Crippen LogP contribution in [0.5, 0.6) is 0 Å². The van der Waals surface area contributed by atoms with Crippen molar-refractivity contribution in [3.8, 4) is 0 Å². The van der Waals surface area contributed by atoms with Crippen molar-refractivity contribution in [3.05, 3.63) is 17.7 Å². The van der Waals surface area contributed by atoms with Crippen molar-refractivity contribution >= 4 is 0 Å². The Morgan fingerprint density at radius 1 is 1.54 bits per heavy atom. The van der Waals surface area contributed by atoms with E-state index in [1.54, 1.807) is 6.33 Å². The van der Waals surface area contributed by atoms with E-state index in [0.717, 1.165) is 24.2 Å². The minimum absolute atomic E-state index is 0.239. The molecule has 0 aromatic carbocycles. The van der Waals surface area contributed by atoms with Crippen LogP contribution in [-0.4, -0.2) is 20.8 Å². The van der Waals surface area contributed by atoms with Crippen LogP contribution in [0.3, 0.4) is 0 Å². The first-order valence-corrected chi connectivity index (χ1v) is 4.81. The SMILES string of the molecule is CCCC(O)Cn1cnc(C)c1C. The third kappa shape index (κ3) is 2.56. The molecule has 1 atom stereocenters. The smallest absolute Gasteiger partial charge is 0.0952 e. The molecule has 0 aliphatic heterocycles. The molecule has 0 spiro atoms. The molecule has 1 unspecified atom stereocenters. The summed E-state index contributed by atoms with van der Waals surface area (Å²) in [6, 6.07) is 0. The summed E-state index contributed by atoms with van der Waals surface area (Å²) >= 11 is 0. The fourth-order valence-corrected chi connectivity index (χ4v) is 1.38. The van der Waals surface area contributed by atoms with Crippen LogP contribution in [0.25, 0.3) is 0 Å². The summed E-state index contributed by atoms with van der Waals surface area (Å²) in [6.07, 6.45) is 3.44. The van der Waals surface area contributed by atoms with Crippen molar-refractivity contribution in [2.24, 2.45) is 0 Å².